The van der Waals surface area contributed by atoms with Crippen molar-refractivity contribution in [1.82, 2.24) is 10.2 Å². The molecule has 18 heavy (non-hydrogen) atoms. The number of hydrogen-bond donors (Lipinski definition) is 2. The number of hydrogen-bond acceptors (Lipinski definition) is 3. The van der Waals surface area contributed by atoms with Crippen LogP contribution < -0.4 is 5.32 Å². The molecule has 0 bridgehead atoms. The fourth-order valence-corrected chi connectivity index (χ4v) is 2.91. The lowest BCUT2D eigenvalue weighted by molar-refractivity contribution is 0.171. The smallest absolute Gasteiger partial charge is 0.318 e. The Morgan fingerprint density at radius 1 is 1.67 bits per heavy atom. The molecule has 1 aliphatic carbocycles. The van der Waals surface area contributed by atoms with Gasteiger partial charge in [-0.15, -0.1) is 11.3 Å². The molecule has 100 valence electrons. The molecule has 6 heteroatoms. The molecule has 1 unspecified atom stereocenters. The third kappa shape index (κ3) is 3.37. The standard InChI is InChI=1S/C12H17ClN2O2S/c1-8(10-4-5-11(13)18-10)14-12(17)15(6-7-16)9-2-3-9/h4-5,8-9,16H,2-3,6-7H2,1H3,(H,14,17). The highest BCUT2D eigenvalue weighted by atomic mass is 35.5. The first-order chi connectivity index (χ1) is 8.61. The van der Waals surface area contributed by atoms with Gasteiger partial charge >= 0.3 is 6.03 Å². The van der Waals surface area contributed by atoms with E-state index in [-0.39, 0.29) is 18.7 Å². The van der Waals surface area contributed by atoms with Gasteiger partial charge in [-0.1, -0.05) is 11.6 Å². The zero-order chi connectivity index (χ0) is 13.1. The Labute approximate surface area is 116 Å². The molecule has 4 nitrogen and oxygen atoms in total. The first-order valence-corrected chi connectivity index (χ1v) is 7.24. The van der Waals surface area contributed by atoms with Crippen molar-refractivity contribution in [3.8, 4) is 0 Å². The summed E-state index contributed by atoms with van der Waals surface area (Å²) in [5.41, 5.74) is 0. The van der Waals surface area contributed by atoms with Gasteiger partial charge in [-0.3, -0.25) is 0 Å². The van der Waals surface area contributed by atoms with E-state index in [1.165, 1.54) is 11.3 Å². The number of rotatable bonds is 5. The van der Waals surface area contributed by atoms with Crippen molar-refractivity contribution in [3.63, 3.8) is 0 Å². The fourth-order valence-electron chi connectivity index (χ4n) is 1.84. The molecule has 1 heterocycles. The molecule has 1 aromatic heterocycles. The van der Waals surface area contributed by atoms with Gasteiger partial charge in [0.1, 0.15) is 0 Å². The van der Waals surface area contributed by atoms with Gasteiger partial charge in [0.05, 0.1) is 17.0 Å². The number of carbonyl (C=O) groups is 1. The molecule has 1 aromatic rings. The Balaban J connectivity index is 1.93. The van der Waals surface area contributed by atoms with Gasteiger partial charge in [0.25, 0.3) is 0 Å². The SMILES string of the molecule is CC(NC(=O)N(CCO)C1CC1)c1ccc(Cl)s1. The van der Waals surface area contributed by atoms with Crippen molar-refractivity contribution in [2.24, 2.45) is 0 Å². The van der Waals surface area contributed by atoms with Gasteiger partial charge in [-0.2, -0.15) is 0 Å². The Bertz CT molecular complexity index is 420. The van der Waals surface area contributed by atoms with Crippen LogP contribution in [0.5, 0.6) is 0 Å². The van der Waals surface area contributed by atoms with Crippen LogP contribution in [-0.2, 0) is 0 Å². The summed E-state index contributed by atoms with van der Waals surface area (Å²) in [6.07, 6.45) is 2.07. The highest BCUT2D eigenvalue weighted by Crippen LogP contribution is 2.29. The van der Waals surface area contributed by atoms with E-state index < -0.39 is 0 Å². The number of aliphatic hydroxyl groups excluding tert-OH is 1. The van der Waals surface area contributed by atoms with E-state index in [1.807, 2.05) is 19.1 Å². The lowest BCUT2D eigenvalue weighted by Gasteiger charge is -2.24. The van der Waals surface area contributed by atoms with Crippen LogP contribution in [0.25, 0.3) is 0 Å². The first-order valence-electron chi connectivity index (χ1n) is 6.05. The molecule has 1 saturated carbocycles. The summed E-state index contributed by atoms with van der Waals surface area (Å²) >= 11 is 7.35. The summed E-state index contributed by atoms with van der Waals surface area (Å²) in [6.45, 7) is 2.33. The molecule has 1 aliphatic rings. The number of halogens is 1. The zero-order valence-electron chi connectivity index (χ0n) is 10.2. The number of urea groups is 1. The van der Waals surface area contributed by atoms with Crippen LogP contribution in [0.2, 0.25) is 4.34 Å². The van der Waals surface area contributed by atoms with Crippen molar-refractivity contribution < 1.29 is 9.90 Å². The summed E-state index contributed by atoms with van der Waals surface area (Å²) in [6, 6.07) is 3.89. The highest BCUT2D eigenvalue weighted by Gasteiger charge is 2.32. The van der Waals surface area contributed by atoms with Gasteiger partial charge < -0.3 is 15.3 Å². The van der Waals surface area contributed by atoms with E-state index in [2.05, 4.69) is 5.32 Å². The first kappa shape index (κ1) is 13.6. The fraction of sp³-hybridized carbons (Fsp3) is 0.583. The van der Waals surface area contributed by atoms with Crippen molar-refractivity contribution in [1.29, 1.82) is 0 Å². The van der Waals surface area contributed by atoms with E-state index in [0.717, 1.165) is 22.1 Å². The molecular weight excluding hydrogens is 272 g/mol. The van der Waals surface area contributed by atoms with Crippen LogP contribution in [0.4, 0.5) is 4.79 Å². The van der Waals surface area contributed by atoms with Gasteiger partial charge in [0.15, 0.2) is 0 Å². The van der Waals surface area contributed by atoms with Crippen molar-refractivity contribution in [2.75, 3.05) is 13.2 Å². The second-order valence-corrected chi connectivity index (χ2v) is 6.21. The lowest BCUT2D eigenvalue weighted by atomic mass is 10.3. The van der Waals surface area contributed by atoms with E-state index in [1.54, 1.807) is 4.90 Å². The highest BCUT2D eigenvalue weighted by molar-refractivity contribution is 7.16. The minimum absolute atomic E-state index is 0.00311. The molecule has 1 atom stereocenters. The minimum atomic E-state index is -0.108. The van der Waals surface area contributed by atoms with Crippen molar-refractivity contribution in [2.45, 2.75) is 31.8 Å². The Kier molecular flexibility index (Phi) is 4.48. The van der Waals surface area contributed by atoms with E-state index in [0.29, 0.717) is 12.6 Å². The largest absolute Gasteiger partial charge is 0.395 e. The van der Waals surface area contributed by atoms with Gasteiger partial charge in [0.2, 0.25) is 0 Å². The van der Waals surface area contributed by atoms with Gasteiger partial charge in [0, 0.05) is 17.5 Å². The average Bonchev–Trinajstić information content (AvgIpc) is 3.07. The van der Waals surface area contributed by atoms with Crippen LogP contribution >= 0.6 is 22.9 Å². The molecule has 2 amide bonds. The Hall–Kier alpha value is -0.780. The molecule has 2 N–H and O–H groups in total. The second kappa shape index (κ2) is 5.91. The number of nitrogens with one attached hydrogen (secondary N) is 1. The van der Waals surface area contributed by atoms with E-state index in [4.69, 9.17) is 16.7 Å². The Morgan fingerprint density at radius 3 is 2.89 bits per heavy atom. The minimum Gasteiger partial charge on any atom is -0.395 e. The van der Waals surface area contributed by atoms with Crippen LogP contribution in [0, 0.1) is 0 Å². The third-order valence-corrected chi connectivity index (χ3v) is 4.36. The monoisotopic (exact) mass is 288 g/mol. The van der Waals surface area contributed by atoms with Gasteiger partial charge in [-0.25, -0.2) is 4.79 Å². The van der Waals surface area contributed by atoms with Crippen LogP contribution in [0.15, 0.2) is 12.1 Å². The number of nitrogens with zero attached hydrogens (tertiary/aromatic N) is 1. The maximum absolute atomic E-state index is 12.1. The molecule has 0 radical (unpaired) electrons. The normalized spacial score (nSPS) is 16.4. The maximum Gasteiger partial charge on any atom is 0.318 e. The molecule has 0 spiro atoms. The van der Waals surface area contributed by atoms with Crippen LogP contribution in [0.3, 0.4) is 0 Å². The van der Waals surface area contributed by atoms with Crippen molar-refractivity contribution in [3.05, 3.63) is 21.3 Å². The number of amides is 2. The van der Waals surface area contributed by atoms with Crippen molar-refractivity contribution >= 4 is 29.0 Å². The van der Waals surface area contributed by atoms with Crippen LogP contribution in [-0.4, -0.2) is 35.2 Å². The van der Waals surface area contributed by atoms with Crippen LogP contribution in [0.1, 0.15) is 30.7 Å². The summed E-state index contributed by atoms with van der Waals surface area (Å²) in [5.74, 6) is 0. The predicted octanol–water partition coefficient (Wildman–Crippen LogP) is 2.63. The quantitative estimate of drug-likeness (QED) is 0.875. The average molecular weight is 289 g/mol. The Morgan fingerprint density at radius 2 is 2.39 bits per heavy atom. The summed E-state index contributed by atoms with van der Waals surface area (Å²) in [5, 5.41) is 11.9. The predicted molar refractivity (Wildman–Crippen MR) is 73.1 cm³/mol. The summed E-state index contributed by atoms with van der Waals surface area (Å²) in [4.78, 5) is 14.8. The molecule has 0 saturated heterocycles. The second-order valence-electron chi connectivity index (χ2n) is 4.46. The molecule has 2 rings (SSSR count). The number of aliphatic hydroxyl groups is 1. The summed E-state index contributed by atoms with van der Waals surface area (Å²) in [7, 11) is 0. The van der Waals surface area contributed by atoms with E-state index in [9.17, 15) is 4.79 Å². The third-order valence-electron chi connectivity index (χ3n) is 2.95. The molecule has 0 aliphatic heterocycles. The molecular formula is C12H17ClN2O2S. The topological polar surface area (TPSA) is 52.6 Å². The lowest BCUT2D eigenvalue weighted by Crippen LogP contribution is -2.43. The zero-order valence-corrected chi connectivity index (χ0v) is 11.8. The molecule has 1 fully saturated rings. The number of carbonyl (C=O) groups excluding carboxylic acids is 1. The molecule has 0 aromatic carbocycles. The number of thiophene rings is 1. The van der Waals surface area contributed by atoms with E-state index >= 15 is 0 Å². The van der Waals surface area contributed by atoms with Gasteiger partial charge in [-0.05, 0) is 31.9 Å². The summed E-state index contributed by atoms with van der Waals surface area (Å²) < 4.78 is 0.723. The maximum atomic E-state index is 12.1.